The van der Waals surface area contributed by atoms with Gasteiger partial charge in [0.2, 0.25) is 0 Å². The number of halogens is 1. The van der Waals surface area contributed by atoms with E-state index in [1.54, 1.807) is 7.11 Å². The van der Waals surface area contributed by atoms with E-state index in [0.29, 0.717) is 34.5 Å². The number of aromatic nitrogens is 1. The molecule has 2 aromatic carbocycles. The number of nitrogens with zero attached hydrogens (tertiary/aromatic N) is 2. The number of hydrogen-bond acceptors (Lipinski definition) is 5. The van der Waals surface area contributed by atoms with Gasteiger partial charge in [-0.3, -0.25) is 0 Å². The van der Waals surface area contributed by atoms with Crippen molar-refractivity contribution in [2.24, 2.45) is 0 Å². The van der Waals surface area contributed by atoms with Gasteiger partial charge in [-0.25, -0.2) is 0 Å². The molecule has 0 bridgehead atoms. The maximum atomic E-state index is 13.7. The second-order valence-electron chi connectivity index (χ2n) is 10.8. The van der Waals surface area contributed by atoms with Crippen molar-refractivity contribution >= 4 is 52.4 Å². The number of thiazole rings is 1. The van der Waals surface area contributed by atoms with E-state index in [0.717, 1.165) is 33.5 Å². The Morgan fingerprint density at radius 3 is 2.44 bits per heavy atom. The monoisotopic (exact) mass is 634 g/mol. The molecule has 1 amide bonds. The number of fused-ring (bicyclic) bond motifs is 2. The van der Waals surface area contributed by atoms with Crippen molar-refractivity contribution < 1.29 is 12.5 Å². The second kappa shape index (κ2) is 8.92. The van der Waals surface area contributed by atoms with Gasteiger partial charge in [-0.2, -0.15) is 0 Å². The van der Waals surface area contributed by atoms with Crippen LogP contribution in [0.25, 0.3) is 10.6 Å². The molecule has 192 valence electrons. The Morgan fingerprint density at radius 2 is 1.83 bits per heavy atom. The Hall–Kier alpha value is -1.75. The standard InChI is InChI=1S/C21H18ClN2O3S.2C3H7.CH3.Sb/c1-3-12-10-15(11-17(27-2)18(12)25)24-9-8-16-19(21(24)26)28-20(23-16)13-4-6-14(22)7-5-13;2*1-3-2;;/h3-7,10-11,25H,8-9H2,1-2H3;2*3H,1-2H3;1H3;/q;;;;+1/p-1. The Bertz CT molecular complexity index is 1340. The van der Waals surface area contributed by atoms with Gasteiger partial charge in [0, 0.05) is 5.02 Å². The summed E-state index contributed by atoms with van der Waals surface area (Å²) >= 11 is 3.88. The first-order valence-electron chi connectivity index (χ1n) is 12.5. The van der Waals surface area contributed by atoms with Gasteiger partial charge < -0.3 is 0 Å². The van der Waals surface area contributed by atoms with Gasteiger partial charge in [-0.05, 0) is 0 Å². The van der Waals surface area contributed by atoms with Gasteiger partial charge >= 0.3 is 209 Å². The van der Waals surface area contributed by atoms with E-state index in [4.69, 9.17) is 24.3 Å². The molecule has 0 N–H and O–H groups in total. The molecule has 0 radical (unpaired) electrons. The number of amides is 1. The summed E-state index contributed by atoms with van der Waals surface area (Å²) < 4.78 is 14.2. The maximum absolute atomic E-state index is 13.7. The van der Waals surface area contributed by atoms with E-state index in [9.17, 15) is 4.79 Å². The third kappa shape index (κ3) is 3.62. The van der Waals surface area contributed by atoms with Gasteiger partial charge in [0.15, 0.2) is 0 Å². The van der Waals surface area contributed by atoms with Crippen LogP contribution >= 0.6 is 22.9 Å². The molecular formula is C28H34ClN2O3SSb. The molecule has 0 saturated carbocycles. The summed E-state index contributed by atoms with van der Waals surface area (Å²) in [5, 5.41) is 1.53. The number of rotatable bonds is 5. The number of ether oxygens (including phenoxy) is 1. The fraction of sp³-hybridized carbons (Fsp3) is 0.429. The molecule has 1 atom stereocenters. The minimum absolute atomic E-state index is 0.00416. The van der Waals surface area contributed by atoms with Crippen LogP contribution < -0.4 is 12.7 Å². The van der Waals surface area contributed by atoms with Crippen molar-refractivity contribution in [2.45, 2.75) is 57.5 Å². The normalized spacial score (nSPS) is 21.1. The average Bonchev–Trinajstić information content (AvgIpc) is 3.39. The summed E-state index contributed by atoms with van der Waals surface area (Å²) in [6.45, 7) is 12.2. The van der Waals surface area contributed by atoms with Crippen LogP contribution in [-0.4, -0.2) is 42.4 Å². The molecular weight excluding hydrogens is 602 g/mol. The van der Waals surface area contributed by atoms with Crippen LogP contribution in [0.5, 0.6) is 11.5 Å². The Labute approximate surface area is 224 Å². The number of carbonyl (C=O) groups is 1. The van der Waals surface area contributed by atoms with Crippen molar-refractivity contribution in [3.63, 3.8) is 0 Å². The molecule has 1 aromatic heterocycles. The molecule has 5 rings (SSSR count). The van der Waals surface area contributed by atoms with Crippen molar-refractivity contribution in [3.8, 4) is 22.1 Å². The van der Waals surface area contributed by atoms with Crippen LogP contribution in [-0.2, 0) is 6.42 Å². The van der Waals surface area contributed by atoms with E-state index < -0.39 is 17.8 Å². The van der Waals surface area contributed by atoms with E-state index in [1.807, 2.05) is 35.2 Å². The van der Waals surface area contributed by atoms with Gasteiger partial charge in [-0.1, -0.05) is 11.6 Å². The molecule has 0 spiro atoms. The summed E-state index contributed by atoms with van der Waals surface area (Å²) in [6.07, 6.45) is 0.715. The van der Waals surface area contributed by atoms with E-state index in [1.165, 1.54) is 16.9 Å². The first-order valence-corrected chi connectivity index (χ1v) is 21.7. The summed E-state index contributed by atoms with van der Waals surface area (Å²) in [5.41, 5.74) is 3.90. The zero-order chi connectivity index (χ0) is 26.0. The number of hydrogen-bond donors (Lipinski definition) is 0. The van der Waals surface area contributed by atoms with Crippen molar-refractivity contribution in [1.82, 2.24) is 4.98 Å². The van der Waals surface area contributed by atoms with Crippen molar-refractivity contribution in [2.75, 3.05) is 18.6 Å². The van der Waals surface area contributed by atoms with Gasteiger partial charge in [-0.15, -0.1) is 0 Å². The summed E-state index contributed by atoms with van der Waals surface area (Å²) in [4.78, 5) is 23.5. The van der Waals surface area contributed by atoms with Gasteiger partial charge in [0.25, 0.3) is 0 Å². The van der Waals surface area contributed by atoms with Gasteiger partial charge in [0.1, 0.15) is 0 Å². The van der Waals surface area contributed by atoms with E-state index in [-0.39, 0.29) is 5.91 Å². The predicted molar refractivity (Wildman–Crippen MR) is 152 cm³/mol. The SMILES string of the molecule is COc1cc(N2CCc3nc(-c4ccc(Cl)cc4)sc3C2=O)cc2c1[O][Sb]([CH3])([CH](C)C)([CH](C)C)[CH]2C. The number of methoxy groups -OCH3 is 1. The molecule has 2 aliphatic heterocycles. The Balaban J connectivity index is 1.54. The summed E-state index contributed by atoms with van der Waals surface area (Å²) in [7, 11) is 1.69. The minimum atomic E-state index is -3.63. The second-order valence-corrected chi connectivity index (χ2v) is 30.6. The van der Waals surface area contributed by atoms with E-state index in [2.05, 4.69) is 45.6 Å². The quantitative estimate of drug-likeness (QED) is 0.266. The molecule has 3 heterocycles. The summed E-state index contributed by atoms with van der Waals surface area (Å²) in [5.74, 6) is 1.60. The first-order chi connectivity index (χ1) is 17.0. The predicted octanol–water partition coefficient (Wildman–Crippen LogP) is 8.06. The molecule has 1 unspecified atom stereocenters. The first kappa shape index (κ1) is 25.9. The third-order valence-corrected chi connectivity index (χ3v) is 33.7. The fourth-order valence-corrected chi connectivity index (χ4v) is 21.7. The number of benzene rings is 2. The van der Waals surface area contributed by atoms with Gasteiger partial charge in [0.05, 0.1) is 0 Å². The zero-order valence-corrected chi connectivity index (χ0v) is 26.1. The Kier molecular flexibility index (Phi) is 6.41. The van der Waals surface area contributed by atoms with Crippen LogP contribution in [0, 0.1) is 0 Å². The molecule has 0 aliphatic carbocycles. The number of anilines is 1. The molecule has 2 aliphatic rings. The zero-order valence-electron chi connectivity index (χ0n) is 22.0. The molecule has 0 fully saturated rings. The van der Waals surface area contributed by atoms with Crippen LogP contribution in [0.15, 0.2) is 36.4 Å². The summed E-state index contributed by atoms with van der Waals surface area (Å²) in [6, 6.07) is 11.8. The van der Waals surface area contributed by atoms with Crippen LogP contribution in [0.2, 0.25) is 17.6 Å². The average molecular weight is 636 g/mol. The van der Waals surface area contributed by atoms with Crippen molar-refractivity contribution in [3.05, 3.63) is 57.6 Å². The molecule has 5 nitrogen and oxygen atoms in total. The Morgan fingerprint density at radius 1 is 1.17 bits per heavy atom. The molecule has 36 heavy (non-hydrogen) atoms. The number of carbonyl (C=O) groups excluding carboxylic acids is 1. The van der Waals surface area contributed by atoms with Crippen LogP contribution in [0.4, 0.5) is 5.69 Å². The van der Waals surface area contributed by atoms with E-state index >= 15 is 0 Å². The van der Waals surface area contributed by atoms with Crippen LogP contribution in [0.3, 0.4) is 0 Å². The fourth-order valence-electron chi connectivity index (χ4n) is 5.80. The molecule has 8 heteroatoms. The molecule has 0 saturated heterocycles. The third-order valence-electron chi connectivity index (χ3n) is 8.83. The van der Waals surface area contributed by atoms with Crippen LogP contribution in [0.1, 0.15) is 59.4 Å². The van der Waals surface area contributed by atoms with Crippen molar-refractivity contribution in [1.29, 1.82) is 0 Å². The topological polar surface area (TPSA) is 51.7 Å². The molecule has 3 aromatic rings.